The molecule has 0 aromatic carbocycles. The molecule has 0 saturated heterocycles. The lowest BCUT2D eigenvalue weighted by atomic mass is 9.97. The highest BCUT2D eigenvalue weighted by Gasteiger charge is 2.08. The first kappa shape index (κ1) is 13.5. The van der Waals surface area contributed by atoms with E-state index in [-0.39, 0.29) is 11.6 Å². The number of aromatic nitrogens is 2. The summed E-state index contributed by atoms with van der Waals surface area (Å²) in [5.41, 5.74) is 1.82. The van der Waals surface area contributed by atoms with Crippen LogP contribution in [0.2, 0.25) is 0 Å². The number of carbonyl (C=O) groups is 1. The van der Waals surface area contributed by atoms with Crippen LogP contribution in [-0.2, 0) is 11.2 Å². The van der Waals surface area contributed by atoms with E-state index in [0.29, 0.717) is 19.4 Å². The zero-order chi connectivity index (χ0) is 13.5. The van der Waals surface area contributed by atoms with Gasteiger partial charge in [-0.15, -0.1) is 0 Å². The minimum atomic E-state index is -0.350. The third-order valence-corrected chi connectivity index (χ3v) is 3.24. The van der Waals surface area contributed by atoms with Gasteiger partial charge in [0.2, 0.25) is 5.91 Å². The molecule has 1 aromatic rings. The van der Waals surface area contributed by atoms with Crippen LogP contribution in [0, 0.1) is 0 Å². The number of hydrogen-bond donors (Lipinski definition) is 2. The van der Waals surface area contributed by atoms with Gasteiger partial charge in [-0.25, -0.2) is 9.78 Å². The Morgan fingerprint density at radius 2 is 2.32 bits per heavy atom. The quantitative estimate of drug-likeness (QED) is 0.785. The van der Waals surface area contributed by atoms with Crippen LogP contribution in [0.15, 0.2) is 28.8 Å². The first-order valence-corrected chi connectivity index (χ1v) is 6.72. The van der Waals surface area contributed by atoms with Gasteiger partial charge in [0.15, 0.2) is 0 Å². The molecule has 0 saturated carbocycles. The highest BCUT2D eigenvalue weighted by atomic mass is 16.1. The van der Waals surface area contributed by atoms with Gasteiger partial charge in [0, 0.05) is 25.4 Å². The van der Waals surface area contributed by atoms with Crippen LogP contribution in [0.4, 0.5) is 0 Å². The van der Waals surface area contributed by atoms with Gasteiger partial charge in [0.25, 0.3) is 0 Å². The maximum Gasteiger partial charge on any atom is 0.344 e. The van der Waals surface area contributed by atoms with Crippen molar-refractivity contribution >= 4 is 5.91 Å². The molecule has 0 fully saturated rings. The Kier molecular flexibility index (Phi) is 4.89. The fraction of sp³-hybridized carbons (Fsp3) is 0.500. The van der Waals surface area contributed by atoms with Crippen molar-refractivity contribution in [1.29, 1.82) is 0 Å². The molecule has 1 amide bonds. The van der Waals surface area contributed by atoms with Crippen LogP contribution in [0.25, 0.3) is 0 Å². The molecule has 0 unspecified atom stereocenters. The number of nitrogens with zero attached hydrogens (tertiary/aromatic N) is 1. The molecule has 0 spiro atoms. The van der Waals surface area contributed by atoms with Crippen LogP contribution < -0.4 is 11.0 Å². The van der Waals surface area contributed by atoms with Crippen molar-refractivity contribution in [3.8, 4) is 0 Å². The summed E-state index contributed by atoms with van der Waals surface area (Å²) < 4.78 is 0. The fourth-order valence-electron chi connectivity index (χ4n) is 2.19. The summed E-state index contributed by atoms with van der Waals surface area (Å²) in [7, 11) is 0. The van der Waals surface area contributed by atoms with E-state index in [2.05, 4.69) is 21.4 Å². The lowest BCUT2D eigenvalue weighted by molar-refractivity contribution is -0.120. The second kappa shape index (κ2) is 6.87. The van der Waals surface area contributed by atoms with Gasteiger partial charge in [-0.3, -0.25) is 4.79 Å². The van der Waals surface area contributed by atoms with Crippen LogP contribution in [-0.4, -0.2) is 22.4 Å². The second-order valence-electron chi connectivity index (χ2n) is 4.81. The summed E-state index contributed by atoms with van der Waals surface area (Å²) in [6.45, 7) is 0.569. The number of allylic oxidation sites excluding steroid dienone is 1. The summed E-state index contributed by atoms with van der Waals surface area (Å²) in [6, 6.07) is 0. The molecule has 19 heavy (non-hydrogen) atoms. The number of H-pyrrole nitrogens is 1. The highest BCUT2D eigenvalue weighted by Crippen LogP contribution is 2.19. The smallest absolute Gasteiger partial charge is 0.344 e. The van der Waals surface area contributed by atoms with E-state index in [1.807, 2.05) is 0 Å². The SMILES string of the molecule is O=C(CC1=CCCCC1)NCCc1cnc(=O)[nH]c1. The average molecular weight is 261 g/mol. The van der Waals surface area contributed by atoms with Crippen molar-refractivity contribution in [2.75, 3.05) is 6.54 Å². The molecular weight excluding hydrogens is 242 g/mol. The van der Waals surface area contributed by atoms with Gasteiger partial charge < -0.3 is 10.3 Å². The number of hydrogen-bond acceptors (Lipinski definition) is 3. The Labute approximate surface area is 112 Å². The standard InChI is InChI=1S/C14H19N3O2/c18-13(8-11-4-2-1-3-5-11)15-7-6-12-9-16-14(19)17-10-12/h4,9-10H,1-3,5-8H2,(H,15,18)(H,16,17,19). The predicted molar refractivity (Wildman–Crippen MR) is 72.7 cm³/mol. The van der Waals surface area contributed by atoms with Crippen molar-refractivity contribution in [3.63, 3.8) is 0 Å². The van der Waals surface area contributed by atoms with E-state index in [1.54, 1.807) is 6.20 Å². The van der Waals surface area contributed by atoms with E-state index in [1.165, 1.54) is 24.6 Å². The molecule has 1 aliphatic rings. The Hall–Kier alpha value is -1.91. The van der Waals surface area contributed by atoms with E-state index < -0.39 is 0 Å². The zero-order valence-corrected chi connectivity index (χ0v) is 10.9. The third kappa shape index (κ3) is 4.69. The average Bonchev–Trinajstić information content (AvgIpc) is 2.42. The topological polar surface area (TPSA) is 74.8 Å². The molecule has 0 aliphatic heterocycles. The van der Waals surface area contributed by atoms with Crippen molar-refractivity contribution < 1.29 is 4.79 Å². The molecule has 1 aliphatic carbocycles. The predicted octanol–water partition coefficient (Wildman–Crippen LogP) is 1.32. The minimum Gasteiger partial charge on any atom is -0.355 e. The number of nitrogens with one attached hydrogen (secondary N) is 2. The Balaban J connectivity index is 1.70. The summed E-state index contributed by atoms with van der Waals surface area (Å²) >= 11 is 0. The summed E-state index contributed by atoms with van der Waals surface area (Å²) in [5.74, 6) is 0.0746. The highest BCUT2D eigenvalue weighted by molar-refractivity contribution is 5.78. The van der Waals surface area contributed by atoms with Crippen molar-refractivity contribution in [1.82, 2.24) is 15.3 Å². The summed E-state index contributed by atoms with van der Waals surface area (Å²) in [6.07, 6.45) is 11.1. The number of amides is 1. The lowest BCUT2D eigenvalue weighted by Gasteiger charge is -2.12. The Morgan fingerprint density at radius 3 is 3.00 bits per heavy atom. The third-order valence-electron chi connectivity index (χ3n) is 3.24. The first-order chi connectivity index (χ1) is 9.24. The van der Waals surface area contributed by atoms with Gasteiger partial charge in [0.05, 0.1) is 0 Å². The number of rotatable bonds is 5. The molecule has 1 aromatic heterocycles. The molecule has 0 atom stereocenters. The number of aromatic amines is 1. The van der Waals surface area contributed by atoms with Crippen LogP contribution in [0.3, 0.4) is 0 Å². The van der Waals surface area contributed by atoms with Crippen molar-refractivity contribution in [2.45, 2.75) is 38.5 Å². The van der Waals surface area contributed by atoms with Gasteiger partial charge in [-0.2, -0.15) is 0 Å². The maximum absolute atomic E-state index is 11.7. The molecule has 1 heterocycles. The summed E-state index contributed by atoms with van der Waals surface area (Å²) in [5, 5.41) is 2.89. The van der Waals surface area contributed by atoms with Crippen LogP contribution in [0.5, 0.6) is 0 Å². The van der Waals surface area contributed by atoms with E-state index in [0.717, 1.165) is 18.4 Å². The molecule has 102 valence electrons. The minimum absolute atomic E-state index is 0.0746. The van der Waals surface area contributed by atoms with Crippen molar-refractivity contribution in [3.05, 3.63) is 40.1 Å². The normalized spacial score (nSPS) is 14.8. The van der Waals surface area contributed by atoms with Gasteiger partial charge in [-0.1, -0.05) is 11.6 Å². The van der Waals surface area contributed by atoms with E-state index in [4.69, 9.17) is 0 Å². The van der Waals surface area contributed by atoms with E-state index in [9.17, 15) is 9.59 Å². The van der Waals surface area contributed by atoms with Gasteiger partial charge in [0.1, 0.15) is 0 Å². The fourth-order valence-corrected chi connectivity index (χ4v) is 2.19. The monoisotopic (exact) mass is 261 g/mol. The van der Waals surface area contributed by atoms with Crippen LogP contribution in [0.1, 0.15) is 37.7 Å². The van der Waals surface area contributed by atoms with Gasteiger partial charge >= 0.3 is 5.69 Å². The zero-order valence-electron chi connectivity index (χ0n) is 10.9. The van der Waals surface area contributed by atoms with Crippen LogP contribution >= 0.6 is 0 Å². The summed E-state index contributed by atoms with van der Waals surface area (Å²) in [4.78, 5) is 28.7. The van der Waals surface area contributed by atoms with Crippen molar-refractivity contribution in [2.24, 2.45) is 0 Å². The molecule has 2 N–H and O–H groups in total. The molecule has 5 nitrogen and oxygen atoms in total. The molecule has 0 radical (unpaired) electrons. The first-order valence-electron chi connectivity index (χ1n) is 6.72. The lowest BCUT2D eigenvalue weighted by Crippen LogP contribution is -2.26. The number of carbonyl (C=O) groups excluding carboxylic acids is 1. The molecule has 5 heteroatoms. The Morgan fingerprint density at radius 1 is 1.42 bits per heavy atom. The molecule has 2 rings (SSSR count). The second-order valence-corrected chi connectivity index (χ2v) is 4.81. The van der Waals surface area contributed by atoms with Gasteiger partial charge in [-0.05, 0) is 37.7 Å². The largest absolute Gasteiger partial charge is 0.355 e. The molecule has 0 bridgehead atoms. The molecular formula is C14H19N3O2. The van der Waals surface area contributed by atoms with E-state index >= 15 is 0 Å². The Bertz CT molecular complexity index is 499. The maximum atomic E-state index is 11.7.